The van der Waals surface area contributed by atoms with E-state index in [4.69, 9.17) is 9.84 Å². The van der Waals surface area contributed by atoms with Gasteiger partial charge in [-0.2, -0.15) is 0 Å². The van der Waals surface area contributed by atoms with E-state index in [0.717, 1.165) is 36.8 Å². The Labute approximate surface area is 182 Å². The summed E-state index contributed by atoms with van der Waals surface area (Å²) in [7, 11) is 1.45. The van der Waals surface area contributed by atoms with E-state index in [1.165, 1.54) is 32.8 Å². The molecule has 2 N–H and O–H groups in total. The Morgan fingerprint density at radius 3 is 2.63 bits per heavy atom. The van der Waals surface area contributed by atoms with Crippen molar-refractivity contribution >= 4 is 11.8 Å². The molecule has 1 aliphatic carbocycles. The molecule has 168 valence electrons. The largest absolute Gasteiger partial charge is 0.449 e. The number of anilines is 1. The fraction of sp³-hybridized carbons (Fsp3) is 0.560. The lowest BCUT2D eigenvalue weighted by Crippen LogP contribution is -2.14. The number of methoxy groups -OCH3 is 1. The SMILES string of the molecule is C/C=C/CC1CCCC1/C=C/CCCCOC(=O)Nc1ccccc1.COC(C)O. The number of aliphatic hydroxyl groups is 1. The van der Waals surface area contributed by atoms with Crippen LogP contribution in [0, 0.1) is 11.8 Å². The number of allylic oxidation sites excluding steroid dienone is 4. The molecule has 1 fully saturated rings. The molecule has 3 unspecified atom stereocenters. The van der Waals surface area contributed by atoms with Crippen LogP contribution >= 0.6 is 0 Å². The Morgan fingerprint density at radius 2 is 1.97 bits per heavy atom. The molecule has 0 spiro atoms. The highest BCUT2D eigenvalue weighted by atomic mass is 16.6. The number of carbonyl (C=O) groups is 1. The summed E-state index contributed by atoms with van der Waals surface area (Å²) in [6.07, 6.45) is 16.5. The predicted octanol–water partition coefficient (Wildman–Crippen LogP) is 6.32. The first-order valence-corrected chi connectivity index (χ1v) is 11.0. The molecule has 0 aliphatic heterocycles. The van der Waals surface area contributed by atoms with Gasteiger partial charge < -0.3 is 14.6 Å². The zero-order valence-electron chi connectivity index (χ0n) is 18.8. The molecule has 1 aliphatic rings. The number of para-hydroxylation sites is 1. The minimum absolute atomic E-state index is 0.375. The van der Waals surface area contributed by atoms with Crippen LogP contribution in [0.25, 0.3) is 0 Å². The maximum Gasteiger partial charge on any atom is 0.411 e. The molecule has 30 heavy (non-hydrogen) atoms. The summed E-state index contributed by atoms with van der Waals surface area (Å²) in [5.74, 6) is 1.58. The molecule has 0 radical (unpaired) electrons. The number of ether oxygens (including phenoxy) is 2. The number of amides is 1. The third kappa shape index (κ3) is 12.5. The van der Waals surface area contributed by atoms with E-state index in [-0.39, 0.29) is 6.09 Å². The van der Waals surface area contributed by atoms with Crippen molar-refractivity contribution in [3.63, 3.8) is 0 Å². The Kier molecular flexibility index (Phi) is 14.4. The van der Waals surface area contributed by atoms with Gasteiger partial charge in [-0.25, -0.2) is 4.79 Å². The van der Waals surface area contributed by atoms with Crippen LogP contribution in [-0.2, 0) is 9.47 Å². The molecule has 1 saturated carbocycles. The molecule has 0 heterocycles. The smallest absolute Gasteiger partial charge is 0.411 e. The Bertz CT molecular complexity index is 613. The Hall–Kier alpha value is -2.11. The van der Waals surface area contributed by atoms with Crippen LogP contribution in [0.15, 0.2) is 54.6 Å². The number of unbranched alkanes of at least 4 members (excludes halogenated alkanes) is 2. The van der Waals surface area contributed by atoms with E-state index in [0.29, 0.717) is 6.61 Å². The first-order valence-electron chi connectivity index (χ1n) is 11.0. The molecule has 3 atom stereocenters. The van der Waals surface area contributed by atoms with E-state index in [1.54, 1.807) is 6.92 Å². The number of benzene rings is 1. The molecule has 0 bridgehead atoms. The minimum atomic E-state index is -0.616. The van der Waals surface area contributed by atoms with Gasteiger partial charge in [0.25, 0.3) is 0 Å². The summed E-state index contributed by atoms with van der Waals surface area (Å²) in [5.41, 5.74) is 0.763. The zero-order chi connectivity index (χ0) is 22.0. The normalized spacial score (nSPS) is 19.5. The first-order chi connectivity index (χ1) is 14.6. The van der Waals surface area contributed by atoms with Crippen molar-refractivity contribution in [3.05, 3.63) is 54.6 Å². The number of aliphatic hydroxyl groups excluding tert-OH is 1. The van der Waals surface area contributed by atoms with Gasteiger partial charge in [-0.3, -0.25) is 5.32 Å². The topological polar surface area (TPSA) is 67.8 Å². The summed E-state index contributed by atoms with van der Waals surface area (Å²) < 4.78 is 9.51. The van der Waals surface area contributed by atoms with Gasteiger partial charge in [0.1, 0.15) is 0 Å². The molecule has 0 aromatic heterocycles. The quantitative estimate of drug-likeness (QED) is 0.266. The molecule has 5 heteroatoms. The maximum atomic E-state index is 11.6. The lowest BCUT2D eigenvalue weighted by Gasteiger charge is -2.13. The molecule has 1 aromatic rings. The van der Waals surface area contributed by atoms with Gasteiger partial charge in [-0.05, 0) is 76.3 Å². The number of hydrogen-bond donors (Lipinski definition) is 2. The van der Waals surface area contributed by atoms with Gasteiger partial charge >= 0.3 is 6.09 Å². The highest BCUT2D eigenvalue weighted by Crippen LogP contribution is 2.35. The molecular weight excluding hydrogens is 378 g/mol. The van der Waals surface area contributed by atoms with Crippen molar-refractivity contribution in [1.29, 1.82) is 0 Å². The molecule has 0 saturated heterocycles. The average molecular weight is 418 g/mol. The summed E-state index contributed by atoms with van der Waals surface area (Å²) in [6.45, 7) is 4.13. The predicted molar refractivity (Wildman–Crippen MR) is 123 cm³/mol. The van der Waals surface area contributed by atoms with E-state index >= 15 is 0 Å². The molecule has 5 nitrogen and oxygen atoms in total. The fourth-order valence-electron chi connectivity index (χ4n) is 3.40. The van der Waals surface area contributed by atoms with Gasteiger partial charge in [0, 0.05) is 12.8 Å². The zero-order valence-corrected chi connectivity index (χ0v) is 18.8. The van der Waals surface area contributed by atoms with E-state index < -0.39 is 6.29 Å². The second kappa shape index (κ2) is 16.7. The fourth-order valence-corrected chi connectivity index (χ4v) is 3.40. The lowest BCUT2D eigenvalue weighted by atomic mass is 9.92. The van der Waals surface area contributed by atoms with Crippen LogP contribution < -0.4 is 5.32 Å². The number of hydrogen-bond acceptors (Lipinski definition) is 4. The first kappa shape index (κ1) is 25.9. The molecular formula is C25H39NO4. The van der Waals surface area contributed by atoms with Crippen molar-refractivity contribution in [2.45, 2.75) is 65.1 Å². The van der Waals surface area contributed by atoms with Crippen molar-refractivity contribution in [2.75, 3.05) is 19.0 Å². The minimum Gasteiger partial charge on any atom is -0.449 e. The van der Waals surface area contributed by atoms with Crippen LogP contribution in [0.5, 0.6) is 0 Å². The average Bonchev–Trinajstić information content (AvgIpc) is 3.20. The maximum absolute atomic E-state index is 11.6. The van der Waals surface area contributed by atoms with Crippen LogP contribution in [0.3, 0.4) is 0 Å². The second-order valence-corrected chi connectivity index (χ2v) is 7.55. The summed E-state index contributed by atoms with van der Waals surface area (Å²) in [5, 5.41) is 10.9. The van der Waals surface area contributed by atoms with Crippen LogP contribution in [-0.4, -0.2) is 31.2 Å². The molecule has 1 aromatic carbocycles. The van der Waals surface area contributed by atoms with Gasteiger partial charge in [0.15, 0.2) is 6.29 Å². The van der Waals surface area contributed by atoms with Gasteiger partial charge in [0.2, 0.25) is 0 Å². The van der Waals surface area contributed by atoms with Crippen molar-refractivity contribution in [3.8, 4) is 0 Å². The van der Waals surface area contributed by atoms with E-state index in [1.807, 2.05) is 30.3 Å². The van der Waals surface area contributed by atoms with Crippen LogP contribution in [0.1, 0.15) is 58.8 Å². The van der Waals surface area contributed by atoms with Gasteiger partial charge in [0.05, 0.1) is 6.61 Å². The third-order valence-corrected chi connectivity index (χ3v) is 5.14. The highest BCUT2D eigenvalue weighted by Gasteiger charge is 2.23. The lowest BCUT2D eigenvalue weighted by molar-refractivity contribution is -0.0584. The van der Waals surface area contributed by atoms with Crippen molar-refractivity contribution in [2.24, 2.45) is 11.8 Å². The third-order valence-electron chi connectivity index (χ3n) is 5.14. The van der Waals surface area contributed by atoms with Crippen LogP contribution in [0.4, 0.5) is 10.5 Å². The summed E-state index contributed by atoms with van der Waals surface area (Å²) in [6, 6.07) is 9.38. The monoisotopic (exact) mass is 417 g/mol. The number of rotatable bonds is 10. The van der Waals surface area contributed by atoms with Crippen molar-refractivity contribution in [1.82, 2.24) is 0 Å². The molecule has 1 amide bonds. The second-order valence-electron chi connectivity index (χ2n) is 7.55. The number of nitrogens with one attached hydrogen (secondary N) is 1. The van der Waals surface area contributed by atoms with E-state index in [9.17, 15) is 4.79 Å². The van der Waals surface area contributed by atoms with Crippen LogP contribution in [0.2, 0.25) is 0 Å². The Morgan fingerprint density at radius 1 is 1.23 bits per heavy atom. The van der Waals surface area contributed by atoms with E-state index in [2.05, 4.69) is 41.3 Å². The Balaban J connectivity index is 0.000000804. The highest BCUT2D eigenvalue weighted by molar-refractivity contribution is 5.84. The summed E-state index contributed by atoms with van der Waals surface area (Å²) in [4.78, 5) is 11.6. The van der Waals surface area contributed by atoms with Gasteiger partial charge in [-0.1, -0.05) is 48.9 Å². The molecule has 2 rings (SSSR count). The number of carbonyl (C=O) groups excluding carboxylic acids is 1. The van der Waals surface area contributed by atoms with Crippen molar-refractivity contribution < 1.29 is 19.4 Å². The standard InChI is InChI=1S/C22H31NO2.C3H8O2/c1-2-3-12-19-14-11-15-20(19)13-7-4-5-10-18-25-22(24)23-21-16-8-6-9-17-21;1-3(4)5-2/h2-3,6-9,13,16-17,19-20H,4-5,10-12,14-15,18H2,1H3,(H,23,24);3-4H,1-2H3/b3-2+,13-7+;. The summed E-state index contributed by atoms with van der Waals surface area (Å²) >= 11 is 0. The van der Waals surface area contributed by atoms with Gasteiger partial charge in [-0.15, -0.1) is 0 Å².